The molecule has 1 N–H and O–H groups in total. The molecular formula is C20H21NO5. The van der Waals surface area contributed by atoms with Crippen LogP contribution in [-0.4, -0.2) is 25.3 Å². The van der Waals surface area contributed by atoms with Crippen molar-refractivity contribution in [2.45, 2.75) is 26.2 Å². The van der Waals surface area contributed by atoms with Gasteiger partial charge in [0.25, 0.3) is 5.91 Å². The maximum atomic E-state index is 12.2. The van der Waals surface area contributed by atoms with E-state index in [1.54, 1.807) is 12.1 Å². The van der Waals surface area contributed by atoms with Crippen LogP contribution in [0.5, 0.6) is 11.5 Å². The fourth-order valence-electron chi connectivity index (χ4n) is 2.67. The Morgan fingerprint density at radius 2 is 1.81 bits per heavy atom. The zero-order chi connectivity index (χ0) is 18.7. The van der Waals surface area contributed by atoms with Gasteiger partial charge in [0.05, 0.1) is 5.56 Å². The Kier molecular flexibility index (Phi) is 4.84. The maximum Gasteiger partial charge on any atom is 0.338 e. The normalized spacial score (nSPS) is 12.6. The number of carbonyl (C=O) groups excluding carboxylic acids is 2. The van der Waals surface area contributed by atoms with Crippen molar-refractivity contribution in [2.24, 2.45) is 0 Å². The van der Waals surface area contributed by atoms with Crippen LogP contribution in [0, 0.1) is 0 Å². The van der Waals surface area contributed by atoms with Crippen LogP contribution < -0.4 is 14.8 Å². The van der Waals surface area contributed by atoms with E-state index >= 15 is 0 Å². The van der Waals surface area contributed by atoms with Crippen LogP contribution >= 0.6 is 0 Å². The summed E-state index contributed by atoms with van der Waals surface area (Å²) < 4.78 is 15.5. The molecule has 1 heterocycles. The summed E-state index contributed by atoms with van der Waals surface area (Å²) in [6.45, 7) is 5.96. The predicted molar refractivity (Wildman–Crippen MR) is 96.6 cm³/mol. The lowest BCUT2D eigenvalue weighted by Gasteiger charge is -2.22. The fraction of sp³-hybridized carbons (Fsp3) is 0.300. The van der Waals surface area contributed by atoms with Crippen molar-refractivity contribution in [3.8, 4) is 11.5 Å². The van der Waals surface area contributed by atoms with Crippen LogP contribution in [0.1, 0.15) is 36.7 Å². The Labute approximate surface area is 152 Å². The first-order valence-electron chi connectivity index (χ1n) is 8.31. The van der Waals surface area contributed by atoms with Gasteiger partial charge in [-0.3, -0.25) is 4.79 Å². The van der Waals surface area contributed by atoms with Gasteiger partial charge in [0, 0.05) is 5.69 Å². The molecule has 0 aliphatic carbocycles. The van der Waals surface area contributed by atoms with Gasteiger partial charge in [-0.15, -0.1) is 0 Å². The van der Waals surface area contributed by atoms with E-state index in [0.717, 1.165) is 5.56 Å². The summed E-state index contributed by atoms with van der Waals surface area (Å²) in [5, 5.41) is 2.80. The average molecular weight is 355 g/mol. The van der Waals surface area contributed by atoms with Gasteiger partial charge in [0.1, 0.15) is 0 Å². The van der Waals surface area contributed by atoms with Crippen molar-refractivity contribution in [3.63, 3.8) is 0 Å². The first kappa shape index (κ1) is 17.8. The third kappa shape index (κ3) is 3.96. The molecule has 1 aliphatic heterocycles. The van der Waals surface area contributed by atoms with E-state index in [1.165, 1.54) is 6.07 Å². The minimum absolute atomic E-state index is 0.118. The van der Waals surface area contributed by atoms with Gasteiger partial charge in [-0.1, -0.05) is 39.0 Å². The van der Waals surface area contributed by atoms with Crippen LogP contribution in [-0.2, 0) is 14.9 Å². The predicted octanol–water partition coefficient (Wildman–Crippen LogP) is 3.51. The summed E-state index contributed by atoms with van der Waals surface area (Å²) in [5.41, 5.74) is 1.91. The van der Waals surface area contributed by atoms with Gasteiger partial charge in [0.2, 0.25) is 6.79 Å². The minimum Gasteiger partial charge on any atom is -0.454 e. The van der Waals surface area contributed by atoms with Crippen molar-refractivity contribution >= 4 is 17.6 Å². The molecule has 0 bridgehead atoms. The second-order valence-corrected chi connectivity index (χ2v) is 6.99. The number of hydrogen-bond acceptors (Lipinski definition) is 5. The number of rotatable bonds is 4. The highest BCUT2D eigenvalue weighted by Crippen LogP contribution is 2.32. The minimum atomic E-state index is -0.595. The number of anilines is 1. The first-order valence-corrected chi connectivity index (χ1v) is 8.31. The molecule has 6 heteroatoms. The van der Waals surface area contributed by atoms with Gasteiger partial charge in [-0.25, -0.2) is 4.79 Å². The second-order valence-electron chi connectivity index (χ2n) is 6.99. The van der Waals surface area contributed by atoms with E-state index in [1.807, 2.05) is 24.3 Å². The Bertz CT molecular complexity index is 838. The van der Waals surface area contributed by atoms with Crippen LogP contribution in [0.2, 0.25) is 0 Å². The van der Waals surface area contributed by atoms with Crippen molar-refractivity contribution < 1.29 is 23.8 Å². The quantitative estimate of drug-likeness (QED) is 0.850. The molecule has 1 aliphatic rings. The van der Waals surface area contributed by atoms with E-state index in [4.69, 9.17) is 14.2 Å². The van der Waals surface area contributed by atoms with Gasteiger partial charge in [-0.05, 0) is 35.2 Å². The van der Waals surface area contributed by atoms with Crippen molar-refractivity contribution in [1.29, 1.82) is 0 Å². The molecule has 0 saturated carbocycles. The number of hydrogen-bond donors (Lipinski definition) is 1. The molecule has 0 radical (unpaired) electrons. The number of carbonyl (C=O) groups is 2. The number of esters is 1. The van der Waals surface area contributed by atoms with Crippen molar-refractivity contribution in [3.05, 3.63) is 53.6 Å². The average Bonchev–Trinajstić information content (AvgIpc) is 3.07. The largest absolute Gasteiger partial charge is 0.454 e. The molecule has 0 atom stereocenters. The van der Waals surface area contributed by atoms with E-state index in [2.05, 4.69) is 26.1 Å². The number of ether oxygens (including phenoxy) is 3. The lowest BCUT2D eigenvalue weighted by Crippen LogP contribution is -2.23. The summed E-state index contributed by atoms with van der Waals surface area (Å²) in [6, 6.07) is 12.3. The van der Waals surface area contributed by atoms with Gasteiger partial charge >= 0.3 is 5.97 Å². The summed E-state index contributed by atoms with van der Waals surface area (Å²) in [7, 11) is 0. The molecule has 0 unspecified atom stereocenters. The number of nitrogens with one attached hydrogen (secondary N) is 1. The highest BCUT2D eigenvalue weighted by Gasteiger charge is 2.20. The molecule has 136 valence electrons. The number of benzene rings is 2. The van der Waals surface area contributed by atoms with E-state index in [-0.39, 0.29) is 18.8 Å². The Hall–Kier alpha value is -3.02. The Balaban J connectivity index is 1.60. The third-order valence-electron chi connectivity index (χ3n) is 3.95. The van der Waals surface area contributed by atoms with Crippen LogP contribution in [0.4, 0.5) is 5.69 Å². The summed E-state index contributed by atoms with van der Waals surface area (Å²) in [4.78, 5) is 24.3. The van der Waals surface area contributed by atoms with Gasteiger partial charge in [0.15, 0.2) is 18.1 Å². The highest BCUT2D eigenvalue weighted by molar-refractivity contribution is 5.96. The Morgan fingerprint density at radius 1 is 1.08 bits per heavy atom. The molecule has 0 aromatic heterocycles. The molecular weight excluding hydrogens is 334 g/mol. The van der Waals surface area contributed by atoms with E-state index in [9.17, 15) is 9.59 Å². The SMILES string of the molecule is CC(C)(C)c1ccccc1NC(=O)COC(=O)c1ccc2c(c1)OCO2. The maximum absolute atomic E-state index is 12.2. The molecule has 0 fully saturated rings. The topological polar surface area (TPSA) is 73.9 Å². The standard InChI is InChI=1S/C20H21NO5/c1-20(2,3)14-6-4-5-7-15(14)21-18(22)11-24-19(23)13-8-9-16-17(10-13)26-12-25-16/h4-10H,11-12H2,1-3H3,(H,21,22). The van der Waals surface area contributed by atoms with Gasteiger partial charge in [-0.2, -0.15) is 0 Å². The number of amides is 1. The Morgan fingerprint density at radius 3 is 2.58 bits per heavy atom. The molecule has 2 aromatic carbocycles. The lowest BCUT2D eigenvalue weighted by atomic mass is 9.86. The zero-order valence-electron chi connectivity index (χ0n) is 15.0. The molecule has 0 spiro atoms. The first-order chi connectivity index (χ1) is 12.3. The lowest BCUT2D eigenvalue weighted by molar-refractivity contribution is -0.119. The van der Waals surface area contributed by atoms with Crippen LogP contribution in [0.15, 0.2) is 42.5 Å². The van der Waals surface area contributed by atoms with Crippen molar-refractivity contribution in [2.75, 3.05) is 18.7 Å². The summed E-state index contributed by atoms with van der Waals surface area (Å²) in [5.74, 6) is 0.0828. The van der Waals surface area contributed by atoms with E-state index in [0.29, 0.717) is 22.7 Å². The van der Waals surface area contributed by atoms with Crippen LogP contribution in [0.3, 0.4) is 0 Å². The second kappa shape index (κ2) is 7.07. The van der Waals surface area contributed by atoms with Gasteiger partial charge < -0.3 is 19.5 Å². The highest BCUT2D eigenvalue weighted by atomic mass is 16.7. The van der Waals surface area contributed by atoms with Crippen LogP contribution in [0.25, 0.3) is 0 Å². The fourth-order valence-corrected chi connectivity index (χ4v) is 2.67. The molecule has 3 rings (SSSR count). The zero-order valence-corrected chi connectivity index (χ0v) is 15.0. The molecule has 0 saturated heterocycles. The van der Waals surface area contributed by atoms with Crippen molar-refractivity contribution in [1.82, 2.24) is 0 Å². The molecule has 6 nitrogen and oxygen atoms in total. The smallest absolute Gasteiger partial charge is 0.338 e. The number of para-hydroxylation sites is 1. The summed E-state index contributed by atoms with van der Waals surface area (Å²) in [6.07, 6.45) is 0. The molecule has 26 heavy (non-hydrogen) atoms. The third-order valence-corrected chi connectivity index (χ3v) is 3.95. The monoisotopic (exact) mass is 355 g/mol. The number of fused-ring (bicyclic) bond motifs is 1. The van der Waals surface area contributed by atoms with E-state index < -0.39 is 11.9 Å². The molecule has 1 amide bonds. The summed E-state index contributed by atoms with van der Waals surface area (Å²) >= 11 is 0. The molecule has 2 aromatic rings.